The molecule has 2 saturated heterocycles. The molecule has 2 aromatic carbocycles. The van der Waals surface area contributed by atoms with Gasteiger partial charge in [0, 0.05) is 24.2 Å². The van der Waals surface area contributed by atoms with Gasteiger partial charge in [0.25, 0.3) is 0 Å². The van der Waals surface area contributed by atoms with Crippen LogP contribution < -0.4 is 10.6 Å². The number of fused-ring (bicyclic) bond motifs is 1. The van der Waals surface area contributed by atoms with Gasteiger partial charge in [0.15, 0.2) is 0 Å². The lowest BCUT2D eigenvalue weighted by molar-refractivity contribution is -0.136. The first-order chi connectivity index (χ1) is 26.1. The van der Waals surface area contributed by atoms with Gasteiger partial charge in [-0.1, -0.05) is 51.2 Å². The van der Waals surface area contributed by atoms with Crippen molar-refractivity contribution in [3.8, 4) is 23.1 Å². The second-order valence-corrected chi connectivity index (χ2v) is 13.8. The van der Waals surface area contributed by atoms with Crippen molar-refractivity contribution in [3.05, 3.63) is 71.4 Å². The Kier molecular flexibility index (Phi) is 11.8. The number of carbonyl (C=O) groups is 4. The molecule has 0 saturated carbocycles. The van der Waals surface area contributed by atoms with Gasteiger partial charge in [0.2, 0.25) is 11.8 Å². The topological polar surface area (TPSA) is 175 Å². The fraction of sp³-hybridized carbons (Fsp3) is 0.450. The number of likely N-dealkylation sites (tertiary alicyclic amines) is 2. The van der Waals surface area contributed by atoms with E-state index in [4.69, 9.17) is 14.5 Å². The molecule has 4 aromatic rings. The normalized spacial score (nSPS) is 18.4. The van der Waals surface area contributed by atoms with Gasteiger partial charge >= 0.3 is 12.2 Å². The van der Waals surface area contributed by atoms with Crippen molar-refractivity contribution in [1.82, 2.24) is 40.4 Å². The van der Waals surface area contributed by atoms with Crippen LogP contribution in [0.2, 0.25) is 0 Å². The zero-order chi connectivity index (χ0) is 38.4. The van der Waals surface area contributed by atoms with E-state index in [1.807, 2.05) is 68.1 Å². The van der Waals surface area contributed by atoms with Gasteiger partial charge in [-0.3, -0.25) is 9.59 Å². The highest BCUT2D eigenvalue weighted by Gasteiger charge is 2.38. The number of methoxy groups -OCH3 is 2. The summed E-state index contributed by atoms with van der Waals surface area (Å²) in [6.07, 6.45) is 4.95. The summed E-state index contributed by atoms with van der Waals surface area (Å²) in [6, 6.07) is 11.9. The summed E-state index contributed by atoms with van der Waals surface area (Å²) < 4.78 is 9.49. The third-order valence-electron chi connectivity index (χ3n) is 10.5. The largest absolute Gasteiger partial charge is 0.453 e. The lowest BCUT2D eigenvalue weighted by atomic mass is 9.97. The highest BCUT2D eigenvalue weighted by Crippen LogP contribution is 2.34. The van der Waals surface area contributed by atoms with Crippen molar-refractivity contribution in [1.29, 1.82) is 0 Å². The Morgan fingerprint density at radius 2 is 1.46 bits per heavy atom. The summed E-state index contributed by atoms with van der Waals surface area (Å²) >= 11 is 0. The van der Waals surface area contributed by atoms with E-state index in [9.17, 15) is 19.2 Å². The summed E-state index contributed by atoms with van der Waals surface area (Å²) in [6.45, 7) is 6.98. The molecule has 2 aromatic heterocycles. The van der Waals surface area contributed by atoms with E-state index in [0.29, 0.717) is 31.2 Å². The molecule has 6 rings (SSSR count). The molecule has 4 N–H and O–H groups in total. The second kappa shape index (κ2) is 16.9. The minimum absolute atomic E-state index is 0.0606. The van der Waals surface area contributed by atoms with Crippen LogP contribution in [0.5, 0.6) is 0 Å². The Labute approximate surface area is 314 Å². The first kappa shape index (κ1) is 37.9. The Bertz CT molecular complexity index is 2050. The third kappa shape index (κ3) is 8.20. The van der Waals surface area contributed by atoms with E-state index in [0.717, 1.165) is 65.5 Å². The predicted molar refractivity (Wildman–Crippen MR) is 202 cm³/mol. The maximum atomic E-state index is 13.7. The average molecular weight is 737 g/mol. The van der Waals surface area contributed by atoms with Crippen LogP contribution in [0, 0.1) is 17.8 Å². The number of carbonyl (C=O) groups excluding carboxylic acids is 4. The number of alkyl carbamates (subject to hydrolysis) is 2. The molecule has 0 radical (unpaired) electrons. The van der Waals surface area contributed by atoms with Gasteiger partial charge in [0.05, 0.1) is 49.2 Å². The second-order valence-electron chi connectivity index (χ2n) is 13.8. The number of nitrogens with one attached hydrogen (secondary N) is 4. The van der Waals surface area contributed by atoms with Gasteiger partial charge in [-0.2, -0.15) is 0 Å². The Morgan fingerprint density at radius 3 is 2.13 bits per heavy atom. The van der Waals surface area contributed by atoms with Gasteiger partial charge in [-0.25, -0.2) is 19.6 Å². The van der Waals surface area contributed by atoms with Gasteiger partial charge in [-0.15, -0.1) is 0 Å². The van der Waals surface area contributed by atoms with Crippen LogP contribution in [0.3, 0.4) is 0 Å². The number of aromatic amines is 2. The van der Waals surface area contributed by atoms with Crippen molar-refractivity contribution in [2.45, 2.75) is 83.5 Å². The molecule has 0 unspecified atom stereocenters. The molecule has 4 heterocycles. The monoisotopic (exact) mass is 736 g/mol. The van der Waals surface area contributed by atoms with Gasteiger partial charge in [0.1, 0.15) is 23.7 Å². The maximum absolute atomic E-state index is 13.7. The lowest BCUT2D eigenvalue weighted by Gasteiger charge is -2.30. The van der Waals surface area contributed by atoms with E-state index >= 15 is 0 Å². The van der Waals surface area contributed by atoms with E-state index in [1.165, 1.54) is 14.2 Å². The minimum atomic E-state index is -0.682. The molecule has 2 aliphatic heterocycles. The summed E-state index contributed by atoms with van der Waals surface area (Å²) in [4.78, 5) is 70.7. The average Bonchev–Trinajstić information content (AvgIpc) is 4.03. The van der Waals surface area contributed by atoms with Crippen LogP contribution in [-0.4, -0.2) is 93.1 Å². The van der Waals surface area contributed by atoms with Crippen molar-refractivity contribution in [2.24, 2.45) is 5.92 Å². The van der Waals surface area contributed by atoms with E-state index in [1.54, 1.807) is 11.1 Å². The molecule has 2 fully saturated rings. The SMILES string of the molecule is CC[C@H](NC(=O)OC)C(=O)N1CCC[C@H]1c1ncc(-c2ccc(C#Cc3ccc4nc([C@@H]5CCCN5C(=O)[C@@H](NC(=O)OC)[C@@H](C)CC)[nH]c4c3)cc2)[nH]1. The third-order valence-corrected chi connectivity index (χ3v) is 10.5. The van der Waals surface area contributed by atoms with Crippen LogP contribution in [0.1, 0.15) is 94.2 Å². The van der Waals surface area contributed by atoms with E-state index < -0.39 is 24.3 Å². The molecule has 14 heteroatoms. The number of rotatable bonds is 10. The predicted octanol–water partition coefficient (Wildman–Crippen LogP) is 5.59. The molecule has 0 aliphatic carbocycles. The fourth-order valence-corrected chi connectivity index (χ4v) is 7.21. The van der Waals surface area contributed by atoms with Gasteiger partial charge < -0.3 is 39.9 Å². The Morgan fingerprint density at radius 1 is 0.833 bits per heavy atom. The van der Waals surface area contributed by atoms with Crippen molar-refractivity contribution < 1.29 is 28.7 Å². The van der Waals surface area contributed by atoms with Crippen LogP contribution in [0.25, 0.3) is 22.3 Å². The van der Waals surface area contributed by atoms with Crippen molar-refractivity contribution >= 4 is 35.0 Å². The number of nitrogens with zero attached hydrogens (tertiary/aromatic N) is 4. The summed E-state index contributed by atoms with van der Waals surface area (Å²) in [5, 5.41) is 5.37. The molecule has 284 valence electrons. The number of H-pyrrole nitrogens is 2. The minimum Gasteiger partial charge on any atom is -0.453 e. The molecule has 4 amide bonds. The van der Waals surface area contributed by atoms with Crippen LogP contribution in [0.4, 0.5) is 9.59 Å². The number of hydrogen-bond donors (Lipinski definition) is 4. The highest BCUT2D eigenvalue weighted by molar-refractivity contribution is 5.87. The zero-order valence-corrected chi connectivity index (χ0v) is 31.4. The smallest absolute Gasteiger partial charge is 0.407 e. The molecule has 14 nitrogen and oxygen atoms in total. The number of imidazole rings is 2. The first-order valence-electron chi connectivity index (χ1n) is 18.6. The Balaban J connectivity index is 1.12. The number of aromatic nitrogens is 4. The van der Waals surface area contributed by atoms with E-state index in [-0.39, 0.29) is 29.8 Å². The molecule has 0 spiro atoms. The highest BCUT2D eigenvalue weighted by atomic mass is 16.5. The lowest BCUT2D eigenvalue weighted by Crippen LogP contribution is -2.51. The molecule has 5 atom stereocenters. The summed E-state index contributed by atoms with van der Waals surface area (Å²) in [5.74, 6) is 7.59. The van der Waals surface area contributed by atoms with Crippen molar-refractivity contribution in [2.75, 3.05) is 27.3 Å². The molecule has 54 heavy (non-hydrogen) atoms. The Hall–Kier alpha value is -5.84. The van der Waals surface area contributed by atoms with Crippen LogP contribution >= 0.6 is 0 Å². The molecular weight excluding hydrogens is 688 g/mol. The summed E-state index contributed by atoms with van der Waals surface area (Å²) in [7, 11) is 2.57. The molecular formula is C40H48N8O6. The number of amides is 4. The number of hydrogen-bond acceptors (Lipinski definition) is 8. The first-order valence-corrected chi connectivity index (χ1v) is 18.6. The molecule has 0 bridgehead atoms. The quantitative estimate of drug-likeness (QED) is 0.153. The number of ether oxygens (including phenoxy) is 2. The van der Waals surface area contributed by atoms with Gasteiger partial charge in [-0.05, 0) is 73.9 Å². The van der Waals surface area contributed by atoms with Crippen LogP contribution in [-0.2, 0) is 19.1 Å². The standard InChI is InChI=1S/C40H48N8O6/c1-6-24(3)34(46-40(52)54-5)38(50)48-21-9-11-33(48)36-42-29-19-16-26(22-30(29)43-36)13-12-25-14-17-27(18-15-25)31-23-41-35(44-31)32-10-8-20-47(32)37(49)28(7-2)45-39(51)53-4/h14-19,22-24,28,32-34H,6-11,20-21H2,1-5H3,(H,41,44)(H,42,43)(H,45,51)(H,46,52)/t24-,28-,32-,33-,34-/m0/s1. The van der Waals surface area contributed by atoms with Crippen molar-refractivity contribution in [3.63, 3.8) is 0 Å². The van der Waals surface area contributed by atoms with Crippen LogP contribution in [0.15, 0.2) is 48.7 Å². The van der Waals surface area contributed by atoms with E-state index in [2.05, 4.69) is 37.4 Å². The summed E-state index contributed by atoms with van der Waals surface area (Å²) in [5.41, 5.74) is 5.06. The number of benzene rings is 2. The fourth-order valence-electron chi connectivity index (χ4n) is 7.21. The molecule has 2 aliphatic rings. The maximum Gasteiger partial charge on any atom is 0.407 e. The zero-order valence-electron chi connectivity index (χ0n) is 31.4.